The van der Waals surface area contributed by atoms with Crippen LogP contribution in [0.1, 0.15) is 73.6 Å². The van der Waals surface area contributed by atoms with Crippen LogP contribution in [0.2, 0.25) is 0 Å². The summed E-state index contributed by atoms with van der Waals surface area (Å²) < 4.78 is 12.7. The van der Waals surface area contributed by atoms with E-state index in [1.807, 2.05) is 34.9 Å². The lowest BCUT2D eigenvalue weighted by molar-refractivity contribution is -0.133. The first-order valence-corrected chi connectivity index (χ1v) is 12.9. The molecular weight excluding hydrogens is 500 g/mol. The highest BCUT2D eigenvalue weighted by Crippen LogP contribution is 2.38. The molecule has 0 spiro atoms. The normalized spacial score (nSPS) is 13.8. The van der Waals surface area contributed by atoms with Crippen molar-refractivity contribution in [1.29, 1.82) is 0 Å². The van der Waals surface area contributed by atoms with E-state index < -0.39 is 17.9 Å². The highest BCUT2D eigenvalue weighted by atomic mass is 16.6. The van der Waals surface area contributed by atoms with E-state index in [4.69, 9.17) is 14.5 Å². The molecule has 5 rings (SSSR count). The number of carboxylic acid groups (broad SMARTS) is 1. The van der Waals surface area contributed by atoms with Crippen LogP contribution in [-0.2, 0) is 16.1 Å². The second-order valence-electron chi connectivity index (χ2n) is 9.63. The molecule has 0 aliphatic heterocycles. The Kier molecular flexibility index (Phi) is 7.36. The Hall–Kier alpha value is -4.60. The number of imidazole rings is 1. The zero-order valence-corrected chi connectivity index (χ0v) is 21.7. The van der Waals surface area contributed by atoms with Crippen LogP contribution >= 0.6 is 0 Å². The summed E-state index contributed by atoms with van der Waals surface area (Å²) in [7, 11) is 0. The van der Waals surface area contributed by atoms with Crippen LogP contribution in [0.15, 0.2) is 48.5 Å². The molecule has 0 bridgehead atoms. The Morgan fingerprint density at radius 3 is 2.21 bits per heavy atom. The zero-order chi connectivity index (χ0) is 27.5. The quantitative estimate of drug-likeness (QED) is 0.324. The van der Waals surface area contributed by atoms with Gasteiger partial charge in [0.15, 0.2) is 5.52 Å². The lowest BCUT2D eigenvalue weighted by Crippen LogP contribution is -2.14. The molecule has 0 saturated heterocycles. The molecule has 1 aliphatic carbocycles. The van der Waals surface area contributed by atoms with Gasteiger partial charge in [0.25, 0.3) is 11.8 Å². The number of ether oxygens (including phenoxy) is 2. The molecule has 1 aliphatic rings. The molecule has 2 aromatic heterocycles. The SMILES string of the molecule is CC(=O)Oc1nnc(OC(C)=O)c2c1nc(C1CCCCC1)n2Cc1ccc(-c2ccccc2C(=O)O)cc1. The highest BCUT2D eigenvalue weighted by Gasteiger charge is 2.28. The van der Waals surface area contributed by atoms with Gasteiger partial charge in [0.2, 0.25) is 0 Å². The fraction of sp³-hybridized carbons (Fsp3) is 0.310. The number of esters is 2. The number of carbonyl (C=O) groups is 3. The minimum absolute atomic E-state index is 0.00466. The van der Waals surface area contributed by atoms with Gasteiger partial charge in [-0.3, -0.25) is 9.59 Å². The molecular formula is C29H28N4O6. The van der Waals surface area contributed by atoms with Crippen molar-refractivity contribution >= 4 is 28.9 Å². The third-order valence-electron chi connectivity index (χ3n) is 6.85. The standard InChI is InChI=1S/C29H28N4O6/c1-17(34)38-27-24-25(28(32-31-27)39-18(2)35)33(26(30-24)21-8-4-3-5-9-21)16-19-12-14-20(15-13-19)22-10-6-7-11-23(22)29(36)37/h6-7,10-15,21H,3-5,8-9,16H2,1-2H3,(H,36,37). The van der Waals surface area contributed by atoms with Gasteiger partial charge in [-0.25, -0.2) is 9.78 Å². The number of carbonyl (C=O) groups excluding carboxylic acids is 2. The molecule has 1 N–H and O–H groups in total. The van der Waals surface area contributed by atoms with Crippen LogP contribution in [0.25, 0.3) is 22.2 Å². The average molecular weight is 529 g/mol. The summed E-state index contributed by atoms with van der Waals surface area (Å²) >= 11 is 0. The van der Waals surface area contributed by atoms with Crippen LogP contribution in [0.5, 0.6) is 11.8 Å². The second kappa shape index (κ2) is 11.0. The fourth-order valence-corrected chi connectivity index (χ4v) is 5.16. The zero-order valence-electron chi connectivity index (χ0n) is 21.7. The molecule has 0 amide bonds. The summed E-state index contributed by atoms with van der Waals surface area (Å²) in [6.45, 7) is 2.93. The Morgan fingerprint density at radius 2 is 1.54 bits per heavy atom. The van der Waals surface area contributed by atoms with Crippen molar-refractivity contribution in [1.82, 2.24) is 19.7 Å². The van der Waals surface area contributed by atoms with E-state index in [-0.39, 0.29) is 23.2 Å². The van der Waals surface area contributed by atoms with Crippen LogP contribution in [0, 0.1) is 0 Å². The first-order chi connectivity index (χ1) is 18.8. The van der Waals surface area contributed by atoms with E-state index in [2.05, 4.69) is 10.2 Å². The van der Waals surface area contributed by atoms with Crippen LogP contribution in [0.4, 0.5) is 0 Å². The molecule has 1 saturated carbocycles. The van der Waals surface area contributed by atoms with Crippen molar-refractivity contribution in [3.05, 3.63) is 65.5 Å². The Morgan fingerprint density at radius 1 is 0.897 bits per heavy atom. The summed E-state index contributed by atoms with van der Waals surface area (Å²) in [4.78, 5) is 40.2. The van der Waals surface area contributed by atoms with Crippen molar-refractivity contribution in [2.45, 2.75) is 58.4 Å². The molecule has 2 aromatic carbocycles. The predicted molar refractivity (Wildman–Crippen MR) is 142 cm³/mol. The van der Waals surface area contributed by atoms with Crippen molar-refractivity contribution in [3.63, 3.8) is 0 Å². The number of carboxylic acids is 1. The summed E-state index contributed by atoms with van der Waals surface area (Å²) in [6, 6.07) is 14.5. The molecule has 39 heavy (non-hydrogen) atoms. The summed E-state index contributed by atoms with van der Waals surface area (Å²) in [5.74, 6) is -1.18. The molecule has 2 heterocycles. The smallest absolute Gasteiger partial charge is 0.336 e. The fourth-order valence-electron chi connectivity index (χ4n) is 5.16. The monoisotopic (exact) mass is 528 g/mol. The second-order valence-corrected chi connectivity index (χ2v) is 9.63. The van der Waals surface area contributed by atoms with Crippen LogP contribution in [0.3, 0.4) is 0 Å². The van der Waals surface area contributed by atoms with Gasteiger partial charge in [-0.2, -0.15) is 0 Å². The molecule has 0 unspecified atom stereocenters. The lowest BCUT2D eigenvalue weighted by atomic mass is 9.88. The maximum atomic E-state index is 11.9. The number of hydrogen-bond donors (Lipinski definition) is 1. The van der Waals surface area contributed by atoms with E-state index >= 15 is 0 Å². The van der Waals surface area contributed by atoms with Gasteiger partial charge < -0.3 is 19.1 Å². The minimum Gasteiger partial charge on any atom is -0.478 e. The van der Waals surface area contributed by atoms with Crippen LogP contribution < -0.4 is 9.47 Å². The maximum absolute atomic E-state index is 11.9. The topological polar surface area (TPSA) is 133 Å². The number of rotatable bonds is 7. The van der Waals surface area contributed by atoms with E-state index in [9.17, 15) is 19.5 Å². The van der Waals surface area contributed by atoms with Gasteiger partial charge in [-0.15, -0.1) is 10.2 Å². The van der Waals surface area contributed by atoms with Crippen molar-refractivity contribution in [3.8, 4) is 22.9 Å². The first-order valence-electron chi connectivity index (χ1n) is 12.9. The molecule has 0 radical (unpaired) electrons. The van der Waals surface area contributed by atoms with E-state index in [1.54, 1.807) is 18.2 Å². The largest absolute Gasteiger partial charge is 0.478 e. The molecule has 10 nitrogen and oxygen atoms in total. The van der Waals surface area contributed by atoms with Crippen molar-refractivity contribution < 1.29 is 29.0 Å². The van der Waals surface area contributed by atoms with Crippen LogP contribution in [-0.4, -0.2) is 42.8 Å². The van der Waals surface area contributed by atoms with E-state index in [0.717, 1.165) is 49.1 Å². The number of aromatic nitrogens is 4. The maximum Gasteiger partial charge on any atom is 0.336 e. The van der Waals surface area contributed by atoms with Gasteiger partial charge in [0.1, 0.15) is 11.3 Å². The summed E-state index contributed by atoms with van der Waals surface area (Å²) in [5.41, 5.74) is 3.30. The summed E-state index contributed by atoms with van der Waals surface area (Å²) in [6.07, 6.45) is 5.24. The molecule has 4 aromatic rings. The Balaban J connectivity index is 1.61. The third kappa shape index (κ3) is 5.50. The average Bonchev–Trinajstić information content (AvgIpc) is 3.30. The van der Waals surface area contributed by atoms with E-state index in [1.165, 1.54) is 13.8 Å². The lowest BCUT2D eigenvalue weighted by Gasteiger charge is -2.22. The van der Waals surface area contributed by atoms with Gasteiger partial charge in [-0.1, -0.05) is 61.7 Å². The number of benzene rings is 2. The molecule has 10 heteroatoms. The third-order valence-corrected chi connectivity index (χ3v) is 6.85. The molecule has 200 valence electrons. The van der Waals surface area contributed by atoms with Crippen molar-refractivity contribution in [2.24, 2.45) is 0 Å². The molecule has 0 atom stereocenters. The number of hydrogen-bond acceptors (Lipinski definition) is 8. The van der Waals surface area contributed by atoms with E-state index in [0.29, 0.717) is 23.1 Å². The summed E-state index contributed by atoms with van der Waals surface area (Å²) in [5, 5.41) is 17.6. The minimum atomic E-state index is -0.987. The highest BCUT2D eigenvalue weighted by molar-refractivity contribution is 5.96. The van der Waals surface area contributed by atoms with Gasteiger partial charge in [-0.05, 0) is 35.6 Å². The number of aromatic carboxylic acids is 1. The number of fused-ring (bicyclic) bond motifs is 1. The Labute approximate surface area is 224 Å². The number of nitrogens with zero attached hydrogens (tertiary/aromatic N) is 4. The van der Waals surface area contributed by atoms with Gasteiger partial charge in [0.05, 0.1) is 5.56 Å². The van der Waals surface area contributed by atoms with Crippen molar-refractivity contribution in [2.75, 3.05) is 0 Å². The molecule has 1 fully saturated rings. The first kappa shape index (κ1) is 26.0. The van der Waals surface area contributed by atoms with Gasteiger partial charge in [0, 0.05) is 26.3 Å². The Bertz CT molecular complexity index is 1550. The predicted octanol–water partition coefficient (Wildman–Crippen LogP) is 5.14. The van der Waals surface area contributed by atoms with Gasteiger partial charge >= 0.3 is 17.9 Å².